The predicted octanol–water partition coefficient (Wildman–Crippen LogP) is 7.57. The summed E-state index contributed by atoms with van der Waals surface area (Å²) < 4.78 is 5.30. The van der Waals surface area contributed by atoms with Crippen molar-refractivity contribution in [2.45, 2.75) is 52.4 Å². The van der Waals surface area contributed by atoms with Crippen LogP contribution in [0.25, 0.3) is 0 Å². The third-order valence-corrected chi connectivity index (χ3v) is 6.49. The number of esters is 1. The van der Waals surface area contributed by atoms with Crippen molar-refractivity contribution in [3.8, 4) is 53.1 Å². The Morgan fingerprint density at radius 3 is 1.46 bits per heavy atom. The summed E-state index contributed by atoms with van der Waals surface area (Å²) in [6, 6.07) is 25.1. The van der Waals surface area contributed by atoms with Gasteiger partial charge in [0.05, 0.1) is 0 Å². The molecule has 190 valence electrons. The molecular formula is C35H38O2. The summed E-state index contributed by atoms with van der Waals surface area (Å²) >= 11 is 0. The Morgan fingerprint density at radius 1 is 0.622 bits per heavy atom. The number of benzene rings is 3. The lowest BCUT2D eigenvalue weighted by molar-refractivity contribution is -0.128. The van der Waals surface area contributed by atoms with Gasteiger partial charge in [-0.2, -0.15) is 0 Å². The van der Waals surface area contributed by atoms with E-state index in [0.717, 1.165) is 5.56 Å². The molecule has 0 bridgehead atoms. The van der Waals surface area contributed by atoms with Crippen molar-refractivity contribution in [1.29, 1.82) is 0 Å². The van der Waals surface area contributed by atoms with Crippen LogP contribution in [0.15, 0.2) is 72.8 Å². The van der Waals surface area contributed by atoms with Crippen LogP contribution in [0.4, 0.5) is 0 Å². The zero-order chi connectivity index (χ0) is 26.9. The third-order valence-electron chi connectivity index (χ3n) is 6.49. The van der Waals surface area contributed by atoms with E-state index >= 15 is 0 Å². The minimum atomic E-state index is -0.672. The molecule has 0 spiro atoms. The highest BCUT2D eigenvalue weighted by Crippen LogP contribution is 2.36. The molecule has 0 fully saturated rings. The quantitative estimate of drug-likeness (QED) is 0.160. The lowest BCUT2D eigenvalue weighted by atomic mass is 9.74. The van der Waals surface area contributed by atoms with E-state index in [1.807, 2.05) is 12.1 Å². The molecule has 3 aromatic rings. The van der Waals surface area contributed by atoms with Crippen LogP contribution in [0, 0.1) is 54.3 Å². The van der Waals surface area contributed by atoms with E-state index in [-0.39, 0.29) is 16.5 Å². The molecular weight excluding hydrogens is 452 g/mol. The smallest absolute Gasteiger partial charge is 0.390 e. The molecule has 0 radical (unpaired) electrons. The fourth-order valence-electron chi connectivity index (χ4n) is 3.95. The van der Waals surface area contributed by atoms with Crippen LogP contribution in [0.1, 0.15) is 68.1 Å². The molecule has 0 aromatic heterocycles. The molecule has 3 aromatic carbocycles. The van der Waals surface area contributed by atoms with Crippen molar-refractivity contribution in [3.63, 3.8) is 0 Å². The second kappa shape index (κ2) is 11.9. The van der Waals surface area contributed by atoms with Gasteiger partial charge in [-0.05, 0) is 83.8 Å². The molecule has 0 saturated carbocycles. The molecule has 0 atom stereocenters. The van der Waals surface area contributed by atoms with Crippen LogP contribution in [0.2, 0.25) is 0 Å². The molecule has 2 nitrogen and oxygen atoms in total. The first-order valence-electron chi connectivity index (χ1n) is 12.1. The molecule has 3 rings (SSSR count). The van der Waals surface area contributed by atoms with E-state index in [4.69, 9.17) is 4.74 Å². The highest BCUT2D eigenvalue weighted by atomic mass is 16.5. The minimum absolute atomic E-state index is 0. The number of hydrogen-bond donors (Lipinski definition) is 0. The van der Waals surface area contributed by atoms with E-state index in [1.54, 1.807) is 19.1 Å². The summed E-state index contributed by atoms with van der Waals surface area (Å²) in [6.07, 6.45) is 0. The summed E-state index contributed by atoms with van der Waals surface area (Å²) in [5.41, 5.74) is 5.83. The van der Waals surface area contributed by atoms with Crippen LogP contribution in [-0.4, -0.2) is 5.97 Å². The van der Waals surface area contributed by atoms with Gasteiger partial charge in [-0.25, -0.2) is 4.79 Å². The van der Waals surface area contributed by atoms with E-state index < -0.39 is 5.97 Å². The van der Waals surface area contributed by atoms with Crippen LogP contribution in [-0.2, 0) is 15.6 Å². The summed E-state index contributed by atoms with van der Waals surface area (Å²) in [7, 11) is 0. The molecule has 0 saturated heterocycles. The summed E-state index contributed by atoms with van der Waals surface area (Å²) in [4.78, 5) is 12.0. The summed E-state index contributed by atoms with van der Waals surface area (Å²) in [5.74, 6) is 19.8. The van der Waals surface area contributed by atoms with E-state index in [9.17, 15) is 4.79 Å². The van der Waals surface area contributed by atoms with E-state index in [2.05, 4.69) is 131 Å². The molecule has 37 heavy (non-hydrogen) atoms. The number of aryl methyl sites for hydroxylation is 1. The monoisotopic (exact) mass is 490 g/mol. The average molecular weight is 491 g/mol. The number of hydrogen-bond acceptors (Lipinski definition) is 2. The minimum Gasteiger partial charge on any atom is -0.417 e. The maximum Gasteiger partial charge on any atom is 0.390 e. The maximum absolute atomic E-state index is 12.0. The maximum atomic E-state index is 12.0. The van der Waals surface area contributed by atoms with Gasteiger partial charge in [0.2, 0.25) is 0 Å². The van der Waals surface area contributed by atoms with Gasteiger partial charge in [-0.3, -0.25) is 0 Å². The summed E-state index contributed by atoms with van der Waals surface area (Å²) in [5, 5.41) is 0. The Balaban J connectivity index is 0. The van der Waals surface area contributed by atoms with Gasteiger partial charge in [0.1, 0.15) is 5.75 Å². The SMILES string of the molecule is CC#CC#CC#CC#CC(=O)Oc1ccc(C(C)(C)c2ccc(C(C)(C)c3ccc(C)cc3)cc2)cc1.[HH].[HH].[HH].[HH]. The molecule has 0 aliphatic carbocycles. The van der Waals surface area contributed by atoms with Crippen LogP contribution < -0.4 is 4.74 Å². The summed E-state index contributed by atoms with van der Waals surface area (Å²) in [6.45, 7) is 12.7. The topological polar surface area (TPSA) is 26.3 Å². The first-order valence-corrected chi connectivity index (χ1v) is 12.1. The molecule has 0 unspecified atom stereocenters. The molecule has 0 heterocycles. The van der Waals surface area contributed by atoms with Crippen molar-refractivity contribution in [2.24, 2.45) is 0 Å². The number of carbonyl (C=O) groups excluding carboxylic acids is 1. The van der Waals surface area contributed by atoms with Gasteiger partial charge in [-0.1, -0.05) is 99.8 Å². The molecule has 0 aliphatic rings. The van der Waals surface area contributed by atoms with Crippen molar-refractivity contribution in [3.05, 3.63) is 101 Å². The highest BCUT2D eigenvalue weighted by Gasteiger charge is 2.26. The fourth-order valence-corrected chi connectivity index (χ4v) is 3.95. The zero-order valence-electron chi connectivity index (χ0n) is 22.2. The number of rotatable bonds is 5. The fraction of sp³-hybridized carbons (Fsp3) is 0.229. The van der Waals surface area contributed by atoms with Crippen molar-refractivity contribution >= 4 is 5.97 Å². The predicted molar refractivity (Wildman–Crippen MR) is 159 cm³/mol. The Morgan fingerprint density at radius 2 is 1.00 bits per heavy atom. The lowest BCUT2D eigenvalue weighted by Crippen LogP contribution is -2.21. The van der Waals surface area contributed by atoms with Crippen molar-refractivity contribution < 1.29 is 15.2 Å². The Hall–Kier alpha value is -4.63. The molecule has 0 aliphatic heterocycles. The number of ether oxygens (including phenoxy) is 1. The zero-order valence-corrected chi connectivity index (χ0v) is 22.2. The first-order chi connectivity index (χ1) is 17.6. The number of carbonyl (C=O) groups is 1. The van der Waals surface area contributed by atoms with Gasteiger partial charge >= 0.3 is 5.97 Å². The normalized spacial score (nSPS) is 10.2. The van der Waals surface area contributed by atoms with E-state index in [1.165, 1.54) is 22.3 Å². The van der Waals surface area contributed by atoms with Crippen LogP contribution in [0.3, 0.4) is 0 Å². The Labute approximate surface area is 227 Å². The standard InChI is InChI=1S/C35H30O2.4H2/c1-7-8-9-10-11-12-13-14-33(36)37-32-25-23-31(24-26-32)35(5,6)30-21-19-29(20-22-30)34(3,4)28-17-15-27(2)16-18-28;;;;/h15-26H,1-6H3;4*1H. The Kier molecular flexibility index (Phi) is 8.65. The second-order valence-corrected chi connectivity index (χ2v) is 9.73. The second-order valence-electron chi connectivity index (χ2n) is 9.73. The van der Waals surface area contributed by atoms with Gasteiger partial charge in [0.25, 0.3) is 0 Å². The Bertz CT molecular complexity index is 1520. The van der Waals surface area contributed by atoms with E-state index in [0.29, 0.717) is 5.75 Å². The van der Waals surface area contributed by atoms with Gasteiger partial charge in [0.15, 0.2) is 0 Å². The third kappa shape index (κ3) is 6.96. The molecule has 0 N–H and O–H groups in total. The first kappa shape index (κ1) is 27.0. The highest BCUT2D eigenvalue weighted by molar-refractivity contribution is 5.90. The van der Waals surface area contributed by atoms with Crippen LogP contribution >= 0.6 is 0 Å². The van der Waals surface area contributed by atoms with Crippen molar-refractivity contribution in [2.75, 3.05) is 0 Å². The van der Waals surface area contributed by atoms with Gasteiger partial charge in [-0.15, -0.1) is 0 Å². The van der Waals surface area contributed by atoms with Crippen LogP contribution in [0.5, 0.6) is 5.75 Å². The molecule has 0 amide bonds. The average Bonchev–Trinajstić information content (AvgIpc) is 2.89. The van der Waals surface area contributed by atoms with Gasteiger partial charge < -0.3 is 4.74 Å². The van der Waals surface area contributed by atoms with Crippen molar-refractivity contribution in [1.82, 2.24) is 0 Å². The largest absolute Gasteiger partial charge is 0.417 e. The van der Waals surface area contributed by atoms with Gasteiger partial charge in [0, 0.05) is 22.5 Å². The molecule has 2 heteroatoms. The lowest BCUT2D eigenvalue weighted by Gasteiger charge is -2.29.